The standard InChI is InChI=1S/C16H17N3O4/c1-10-7-11(16(20)21)9-18(8-10)14-5-4-13(19(22)23)12-3-2-6-17-15(12)14/h2-6,10-11H,7-9H2,1H3,(H,20,21). The Morgan fingerprint density at radius 2 is 2.17 bits per heavy atom. The summed E-state index contributed by atoms with van der Waals surface area (Å²) in [4.78, 5) is 28.4. The highest BCUT2D eigenvalue weighted by atomic mass is 16.6. The van der Waals surface area contributed by atoms with Crippen molar-refractivity contribution in [2.75, 3.05) is 18.0 Å². The zero-order chi connectivity index (χ0) is 16.6. The van der Waals surface area contributed by atoms with Gasteiger partial charge in [-0.15, -0.1) is 0 Å². The molecule has 7 heteroatoms. The van der Waals surface area contributed by atoms with Crippen LogP contribution in [0.25, 0.3) is 10.9 Å². The summed E-state index contributed by atoms with van der Waals surface area (Å²) >= 11 is 0. The fourth-order valence-corrected chi connectivity index (χ4v) is 3.28. The van der Waals surface area contributed by atoms with Crippen LogP contribution in [0.2, 0.25) is 0 Å². The summed E-state index contributed by atoms with van der Waals surface area (Å²) in [5.74, 6) is -1.01. The van der Waals surface area contributed by atoms with Crippen LogP contribution in [-0.4, -0.2) is 34.1 Å². The van der Waals surface area contributed by atoms with Gasteiger partial charge < -0.3 is 10.0 Å². The van der Waals surface area contributed by atoms with Gasteiger partial charge in [-0.05, 0) is 30.5 Å². The van der Waals surface area contributed by atoms with Crippen molar-refractivity contribution in [3.63, 3.8) is 0 Å². The van der Waals surface area contributed by atoms with Crippen molar-refractivity contribution in [1.29, 1.82) is 0 Å². The molecule has 0 radical (unpaired) electrons. The number of carboxylic acids is 1. The average molecular weight is 315 g/mol. The number of aromatic nitrogens is 1. The number of nitrogens with zero attached hydrogens (tertiary/aromatic N) is 3. The average Bonchev–Trinajstić information content (AvgIpc) is 2.53. The normalized spacial score (nSPS) is 21.3. The molecule has 3 rings (SSSR count). The number of pyridine rings is 1. The minimum Gasteiger partial charge on any atom is -0.481 e. The summed E-state index contributed by atoms with van der Waals surface area (Å²) < 4.78 is 0. The highest BCUT2D eigenvalue weighted by Crippen LogP contribution is 2.35. The Kier molecular flexibility index (Phi) is 3.85. The van der Waals surface area contributed by atoms with Crippen LogP contribution in [0.15, 0.2) is 30.5 Å². The number of nitro groups is 1. The van der Waals surface area contributed by atoms with E-state index in [1.807, 2.05) is 11.8 Å². The number of rotatable bonds is 3. The number of carboxylic acid groups (broad SMARTS) is 1. The van der Waals surface area contributed by atoms with Crippen molar-refractivity contribution in [3.05, 3.63) is 40.6 Å². The fourth-order valence-electron chi connectivity index (χ4n) is 3.28. The smallest absolute Gasteiger partial charge is 0.308 e. The Morgan fingerprint density at radius 1 is 1.39 bits per heavy atom. The van der Waals surface area contributed by atoms with Crippen molar-refractivity contribution in [2.45, 2.75) is 13.3 Å². The Bertz CT molecular complexity index is 777. The molecule has 0 spiro atoms. The monoisotopic (exact) mass is 315 g/mol. The minimum absolute atomic E-state index is 0.0108. The van der Waals surface area contributed by atoms with Crippen LogP contribution in [0.3, 0.4) is 0 Å². The molecule has 23 heavy (non-hydrogen) atoms. The molecule has 0 bridgehead atoms. The highest BCUT2D eigenvalue weighted by molar-refractivity contribution is 5.97. The van der Waals surface area contributed by atoms with E-state index < -0.39 is 16.8 Å². The number of nitro benzene ring substituents is 1. The molecule has 1 N–H and O–H groups in total. The third kappa shape index (κ3) is 2.81. The van der Waals surface area contributed by atoms with E-state index in [0.717, 1.165) is 5.69 Å². The number of fused-ring (bicyclic) bond motifs is 1. The van der Waals surface area contributed by atoms with Crippen LogP contribution in [-0.2, 0) is 4.79 Å². The quantitative estimate of drug-likeness (QED) is 0.691. The lowest BCUT2D eigenvalue weighted by atomic mass is 9.90. The van der Waals surface area contributed by atoms with Gasteiger partial charge in [0.05, 0.1) is 21.9 Å². The lowest BCUT2D eigenvalue weighted by Crippen LogP contribution is -2.42. The van der Waals surface area contributed by atoms with Gasteiger partial charge in [-0.2, -0.15) is 0 Å². The third-order valence-corrected chi connectivity index (χ3v) is 4.27. The number of hydrogen-bond donors (Lipinski definition) is 1. The van der Waals surface area contributed by atoms with Gasteiger partial charge in [0.15, 0.2) is 0 Å². The first-order valence-corrected chi connectivity index (χ1v) is 7.47. The van der Waals surface area contributed by atoms with Crippen LogP contribution >= 0.6 is 0 Å². The Labute approximate surface area is 132 Å². The van der Waals surface area contributed by atoms with Gasteiger partial charge >= 0.3 is 5.97 Å². The van der Waals surface area contributed by atoms with Crippen LogP contribution in [0.5, 0.6) is 0 Å². The van der Waals surface area contributed by atoms with Crippen molar-refractivity contribution >= 4 is 28.2 Å². The van der Waals surface area contributed by atoms with Gasteiger partial charge in [0.2, 0.25) is 0 Å². The Balaban J connectivity index is 2.08. The summed E-state index contributed by atoms with van der Waals surface area (Å²) in [6, 6.07) is 6.48. The van der Waals surface area contributed by atoms with E-state index in [1.54, 1.807) is 24.4 Å². The number of hydrogen-bond acceptors (Lipinski definition) is 5. The predicted molar refractivity (Wildman–Crippen MR) is 85.5 cm³/mol. The number of non-ortho nitro benzene ring substituents is 1. The van der Waals surface area contributed by atoms with Gasteiger partial charge in [-0.1, -0.05) is 6.92 Å². The summed E-state index contributed by atoms with van der Waals surface area (Å²) in [7, 11) is 0. The topological polar surface area (TPSA) is 96.6 Å². The number of carbonyl (C=O) groups is 1. The molecule has 1 aromatic carbocycles. The second-order valence-corrected chi connectivity index (χ2v) is 6.04. The zero-order valence-electron chi connectivity index (χ0n) is 12.7. The van der Waals surface area contributed by atoms with Gasteiger partial charge in [-0.3, -0.25) is 19.9 Å². The van der Waals surface area contributed by atoms with Crippen molar-refractivity contribution in [2.24, 2.45) is 11.8 Å². The molecular formula is C16H17N3O4. The Hall–Kier alpha value is -2.70. The molecule has 1 aliphatic heterocycles. The van der Waals surface area contributed by atoms with Gasteiger partial charge in [0, 0.05) is 25.4 Å². The van der Waals surface area contributed by atoms with E-state index in [-0.39, 0.29) is 11.6 Å². The number of aliphatic carboxylic acids is 1. The third-order valence-electron chi connectivity index (χ3n) is 4.27. The second kappa shape index (κ2) is 5.83. The number of anilines is 1. The maximum absolute atomic E-state index is 11.4. The van der Waals surface area contributed by atoms with E-state index >= 15 is 0 Å². The zero-order valence-corrected chi connectivity index (χ0v) is 12.7. The van der Waals surface area contributed by atoms with Crippen LogP contribution in [0.4, 0.5) is 11.4 Å². The first-order valence-electron chi connectivity index (χ1n) is 7.47. The van der Waals surface area contributed by atoms with Gasteiger partial charge in [-0.25, -0.2) is 0 Å². The molecule has 1 fully saturated rings. The SMILES string of the molecule is CC1CC(C(=O)O)CN(c2ccc([N+](=O)[O-])c3cccnc23)C1. The second-order valence-electron chi connectivity index (χ2n) is 6.04. The molecule has 1 aliphatic rings. The van der Waals surface area contributed by atoms with Crippen LogP contribution in [0, 0.1) is 22.0 Å². The summed E-state index contributed by atoms with van der Waals surface area (Å²) in [6.07, 6.45) is 2.24. The van der Waals surface area contributed by atoms with Crippen molar-refractivity contribution in [1.82, 2.24) is 4.98 Å². The van der Waals surface area contributed by atoms with Gasteiger partial charge in [0.1, 0.15) is 5.52 Å². The minimum atomic E-state index is -0.805. The van der Waals surface area contributed by atoms with E-state index in [9.17, 15) is 20.0 Å². The summed E-state index contributed by atoms with van der Waals surface area (Å²) in [5.41, 5.74) is 1.31. The van der Waals surface area contributed by atoms with E-state index in [4.69, 9.17) is 0 Å². The first kappa shape index (κ1) is 15.2. The number of piperidine rings is 1. The molecule has 2 unspecified atom stereocenters. The molecule has 2 aromatic rings. The molecular weight excluding hydrogens is 298 g/mol. The molecule has 0 amide bonds. The molecule has 1 saturated heterocycles. The molecule has 2 atom stereocenters. The van der Waals surface area contributed by atoms with Crippen molar-refractivity contribution in [3.8, 4) is 0 Å². The van der Waals surface area contributed by atoms with E-state index in [0.29, 0.717) is 30.4 Å². The largest absolute Gasteiger partial charge is 0.481 e. The molecule has 0 aliphatic carbocycles. The lowest BCUT2D eigenvalue weighted by Gasteiger charge is -2.36. The van der Waals surface area contributed by atoms with E-state index in [2.05, 4.69) is 4.98 Å². The number of benzene rings is 1. The van der Waals surface area contributed by atoms with E-state index in [1.165, 1.54) is 6.07 Å². The maximum Gasteiger partial charge on any atom is 0.308 e. The molecule has 120 valence electrons. The predicted octanol–water partition coefficient (Wildman–Crippen LogP) is 2.69. The maximum atomic E-state index is 11.4. The molecule has 0 saturated carbocycles. The van der Waals surface area contributed by atoms with Crippen LogP contribution < -0.4 is 4.90 Å². The molecule has 2 heterocycles. The summed E-state index contributed by atoms with van der Waals surface area (Å²) in [6.45, 7) is 3.12. The first-order chi connectivity index (χ1) is 11.0. The van der Waals surface area contributed by atoms with Gasteiger partial charge in [0.25, 0.3) is 5.69 Å². The van der Waals surface area contributed by atoms with Crippen molar-refractivity contribution < 1.29 is 14.8 Å². The Morgan fingerprint density at radius 3 is 2.87 bits per heavy atom. The molecule has 7 nitrogen and oxygen atoms in total. The highest BCUT2D eigenvalue weighted by Gasteiger charge is 2.31. The molecule has 1 aromatic heterocycles. The van der Waals surface area contributed by atoms with Crippen LogP contribution in [0.1, 0.15) is 13.3 Å². The fraction of sp³-hybridized carbons (Fsp3) is 0.375. The lowest BCUT2D eigenvalue weighted by molar-refractivity contribution is -0.383. The summed E-state index contributed by atoms with van der Waals surface area (Å²) in [5, 5.41) is 21.0.